The molecule has 1 saturated heterocycles. The summed E-state index contributed by atoms with van der Waals surface area (Å²) in [6.45, 7) is 0.477. The molecule has 16 heteroatoms. The molecule has 2 aromatic heterocycles. The molecule has 1 unspecified atom stereocenters. The predicted octanol–water partition coefficient (Wildman–Crippen LogP) is 6.94. The highest BCUT2D eigenvalue weighted by Crippen LogP contribution is 2.35. The molecule has 0 radical (unpaired) electrons. The van der Waals surface area contributed by atoms with Gasteiger partial charge in [-0.05, 0) is 72.8 Å². The summed E-state index contributed by atoms with van der Waals surface area (Å²) in [5, 5.41) is 3.30. The number of ether oxygens (including phenoxy) is 4. The quantitative estimate of drug-likeness (QED) is 0.0883. The van der Waals surface area contributed by atoms with E-state index in [2.05, 4.69) is 10.3 Å². The molecule has 53 heavy (non-hydrogen) atoms. The van der Waals surface area contributed by atoms with Crippen LogP contribution >= 0.6 is 0 Å². The first-order valence-corrected chi connectivity index (χ1v) is 16.2. The summed E-state index contributed by atoms with van der Waals surface area (Å²) in [5.74, 6) is -3.42. The summed E-state index contributed by atoms with van der Waals surface area (Å²) in [6.07, 6.45) is -3.31. The van der Waals surface area contributed by atoms with E-state index in [1.807, 2.05) is 0 Å². The third-order valence-corrected chi connectivity index (χ3v) is 8.78. The van der Waals surface area contributed by atoms with Gasteiger partial charge in [-0.1, -0.05) is 0 Å². The molecule has 11 nitrogen and oxygen atoms in total. The van der Waals surface area contributed by atoms with Crippen molar-refractivity contribution in [2.24, 2.45) is 7.05 Å². The number of nitrogens with one attached hydrogen (secondary N) is 1. The normalized spacial score (nSPS) is 14.9. The van der Waals surface area contributed by atoms with Gasteiger partial charge in [0.1, 0.15) is 23.0 Å². The van der Waals surface area contributed by atoms with Gasteiger partial charge in [-0.2, -0.15) is 17.6 Å². The van der Waals surface area contributed by atoms with Crippen LogP contribution in [0.4, 0.5) is 27.6 Å². The predicted molar refractivity (Wildman–Crippen MR) is 183 cm³/mol. The molecule has 1 aliphatic rings. The standard InChI is InChI=1S/C37H34F5N5O6/c1-45-30-12-10-28(53-33-13-9-27(21-43-33)44-34(48)29-11-6-25(36(39,40)41)20-32(29)52-22-50-2)18-23(30)19-31(45)35(49)46-14-16-47(17-15-46)37(42,51-3)24-4-7-26(38)8-5-24/h4-13,18-21H,14-17,22H2,1-3H3,(H,44,48). The second-order valence-corrected chi connectivity index (χ2v) is 12.1. The Balaban J connectivity index is 1.10. The van der Waals surface area contributed by atoms with E-state index in [-0.39, 0.29) is 67.3 Å². The Labute approximate surface area is 300 Å². The zero-order valence-corrected chi connectivity index (χ0v) is 28.7. The molecule has 0 bridgehead atoms. The monoisotopic (exact) mass is 739 g/mol. The maximum Gasteiger partial charge on any atom is 0.416 e. The number of nitrogens with zero attached hydrogens (tertiary/aromatic N) is 4. The zero-order chi connectivity index (χ0) is 37.9. The Morgan fingerprint density at radius 1 is 0.868 bits per heavy atom. The number of anilines is 1. The number of hydrogen-bond donors (Lipinski definition) is 1. The number of rotatable bonds is 11. The van der Waals surface area contributed by atoms with Crippen LogP contribution in [0.1, 0.15) is 32.0 Å². The van der Waals surface area contributed by atoms with E-state index in [4.69, 9.17) is 18.9 Å². The van der Waals surface area contributed by atoms with Gasteiger partial charge in [-0.3, -0.25) is 9.59 Å². The number of methoxy groups -OCH3 is 2. The van der Waals surface area contributed by atoms with E-state index >= 15 is 4.39 Å². The molecule has 3 heterocycles. The summed E-state index contributed by atoms with van der Waals surface area (Å²) in [7, 11) is 4.31. The van der Waals surface area contributed by atoms with Crippen molar-refractivity contribution in [1.29, 1.82) is 0 Å². The van der Waals surface area contributed by atoms with Crippen molar-refractivity contribution < 1.29 is 50.5 Å². The Bertz CT molecular complexity index is 2100. The molecule has 1 atom stereocenters. The number of aromatic nitrogens is 2. The van der Waals surface area contributed by atoms with Crippen LogP contribution in [0.25, 0.3) is 10.9 Å². The zero-order valence-electron chi connectivity index (χ0n) is 28.7. The number of aryl methyl sites for hydroxylation is 1. The van der Waals surface area contributed by atoms with Crippen molar-refractivity contribution in [3.8, 4) is 17.4 Å². The van der Waals surface area contributed by atoms with Crippen LogP contribution in [0.15, 0.2) is 85.1 Å². The number of halogens is 5. The third kappa shape index (κ3) is 7.94. The SMILES string of the molecule is COCOc1cc(C(F)(F)F)ccc1C(=O)Nc1ccc(Oc2ccc3c(c2)cc(C(=O)N2CCN(C(F)(OC)c4ccc(F)cc4)CC2)n3C)nc1. The molecule has 0 spiro atoms. The smallest absolute Gasteiger partial charge is 0.416 e. The molecule has 3 aromatic carbocycles. The van der Waals surface area contributed by atoms with Gasteiger partial charge in [-0.15, -0.1) is 0 Å². The first-order chi connectivity index (χ1) is 25.3. The highest BCUT2D eigenvalue weighted by atomic mass is 19.4. The first kappa shape index (κ1) is 37.2. The highest BCUT2D eigenvalue weighted by Gasteiger charge is 2.41. The number of pyridine rings is 1. The van der Waals surface area contributed by atoms with Gasteiger partial charge in [0, 0.05) is 70.0 Å². The molecular weight excluding hydrogens is 705 g/mol. The van der Waals surface area contributed by atoms with Crippen molar-refractivity contribution >= 4 is 28.4 Å². The van der Waals surface area contributed by atoms with Gasteiger partial charge in [-0.25, -0.2) is 14.3 Å². The van der Waals surface area contributed by atoms with Crippen molar-refractivity contribution in [2.75, 3.05) is 52.5 Å². The van der Waals surface area contributed by atoms with Crippen LogP contribution in [-0.2, 0) is 28.7 Å². The Morgan fingerprint density at radius 2 is 1.58 bits per heavy atom. The van der Waals surface area contributed by atoms with Crippen LogP contribution in [0, 0.1) is 5.82 Å². The molecule has 5 aromatic rings. The maximum absolute atomic E-state index is 15.9. The minimum atomic E-state index is -4.63. The van der Waals surface area contributed by atoms with E-state index in [1.165, 1.54) is 61.7 Å². The van der Waals surface area contributed by atoms with Crippen LogP contribution < -0.4 is 14.8 Å². The van der Waals surface area contributed by atoms with Gasteiger partial charge in [0.2, 0.25) is 5.88 Å². The average Bonchev–Trinajstić information content (AvgIpc) is 3.48. The fourth-order valence-corrected chi connectivity index (χ4v) is 6.00. The summed E-state index contributed by atoms with van der Waals surface area (Å²) in [5.41, 5.74) is 0.474. The third-order valence-electron chi connectivity index (χ3n) is 8.78. The van der Waals surface area contributed by atoms with Gasteiger partial charge < -0.3 is 33.7 Å². The van der Waals surface area contributed by atoms with Gasteiger partial charge in [0.05, 0.1) is 23.0 Å². The number of carbonyl (C=O) groups is 2. The number of alkyl halides is 4. The minimum Gasteiger partial charge on any atom is -0.467 e. The summed E-state index contributed by atoms with van der Waals surface area (Å²) >= 11 is 0. The summed E-state index contributed by atoms with van der Waals surface area (Å²) in [6, 6.07) is 17.5. The second-order valence-electron chi connectivity index (χ2n) is 12.1. The number of fused-ring (bicyclic) bond motifs is 1. The number of amides is 2. The number of benzene rings is 3. The Hall–Kier alpha value is -5.58. The lowest BCUT2D eigenvalue weighted by Crippen LogP contribution is -2.55. The van der Waals surface area contributed by atoms with Gasteiger partial charge in [0.15, 0.2) is 6.79 Å². The molecule has 1 aliphatic heterocycles. The Kier molecular flexibility index (Phi) is 10.7. The van der Waals surface area contributed by atoms with Crippen molar-refractivity contribution in [3.05, 3.63) is 113 Å². The van der Waals surface area contributed by atoms with Crippen LogP contribution in [0.3, 0.4) is 0 Å². The first-order valence-electron chi connectivity index (χ1n) is 16.2. The van der Waals surface area contributed by atoms with Gasteiger partial charge >= 0.3 is 6.18 Å². The van der Waals surface area contributed by atoms with Gasteiger partial charge in [0.25, 0.3) is 17.8 Å². The summed E-state index contributed by atoms with van der Waals surface area (Å²) in [4.78, 5) is 33.9. The number of hydrogen-bond acceptors (Lipinski definition) is 8. The van der Waals surface area contributed by atoms with E-state index in [0.717, 1.165) is 29.1 Å². The minimum absolute atomic E-state index is 0.138. The lowest BCUT2D eigenvalue weighted by molar-refractivity contribution is -0.245. The largest absolute Gasteiger partial charge is 0.467 e. The highest BCUT2D eigenvalue weighted by molar-refractivity contribution is 6.06. The van der Waals surface area contributed by atoms with E-state index in [9.17, 15) is 27.2 Å². The van der Waals surface area contributed by atoms with Crippen molar-refractivity contribution in [1.82, 2.24) is 19.4 Å². The lowest BCUT2D eigenvalue weighted by Gasteiger charge is -2.41. The molecular formula is C37H34F5N5O6. The molecule has 2 amide bonds. The Morgan fingerprint density at radius 3 is 2.23 bits per heavy atom. The van der Waals surface area contributed by atoms with E-state index in [1.54, 1.807) is 40.8 Å². The molecule has 0 saturated carbocycles. The molecule has 6 rings (SSSR count). The van der Waals surface area contributed by atoms with Crippen LogP contribution in [0.5, 0.6) is 17.4 Å². The topological polar surface area (TPSA) is 107 Å². The van der Waals surface area contributed by atoms with Crippen molar-refractivity contribution in [3.63, 3.8) is 0 Å². The van der Waals surface area contributed by atoms with E-state index < -0.39 is 29.4 Å². The lowest BCUT2D eigenvalue weighted by atomic mass is 10.1. The molecule has 1 fully saturated rings. The number of piperazine rings is 1. The summed E-state index contributed by atoms with van der Waals surface area (Å²) < 4.78 is 91.9. The fraction of sp³-hybridized carbons (Fsp3) is 0.270. The maximum atomic E-state index is 15.9. The van der Waals surface area contributed by atoms with E-state index in [0.29, 0.717) is 11.4 Å². The fourth-order valence-electron chi connectivity index (χ4n) is 6.00. The average molecular weight is 740 g/mol. The second kappa shape index (κ2) is 15.2. The molecule has 1 N–H and O–H groups in total. The van der Waals surface area contributed by atoms with Crippen molar-refractivity contribution in [2.45, 2.75) is 12.2 Å². The molecule has 278 valence electrons. The number of carbonyl (C=O) groups excluding carboxylic acids is 2. The molecule has 0 aliphatic carbocycles. The van der Waals surface area contributed by atoms with Crippen LogP contribution in [-0.4, -0.2) is 78.4 Å². The van der Waals surface area contributed by atoms with Crippen LogP contribution in [0.2, 0.25) is 0 Å².